The van der Waals surface area contributed by atoms with Crippen LogP contribution in [0.4, 0.5) is 0 Å². The summed E-state index contributed by atoms with van der Waals surface area (Å²) < 4.78 is 11.7. The number of ether oxygens (including phenoxy) is 2. The second-order valence-electron chi connectivity index (χ2n) is 7.20. The molecule has 0 aromatic heterocycles. The summed E-state index contributed by atoms with van der Waals surface area (Å²) in [6.07, 6.45) is 6.09. The Labute approximate surface area is 130 Å². The summed E-state index contributed by atoms with van der Waals surface area (Å²) in [7, 11) is 0. The zero-order valence-electron chi connectivity index (χ0n) is 14.5. The fraction of sp³-hybridized carbons (Fsp3) is 1.00. The van der Waals surface area contributed by atoms with Gasteiger partial charge in [0.2, 0.25) is 0 Å². The molecule has 0 aliphatic carbocycles. The van der Waals surface area contributed by atoms with Gasteiger partial charge >= 0.3 is 0 Å². The van der Waals surface area contributed by atoms with Crippen molar-refractivity contribution in [1.29, 1.82) is 0 Å². The molecule has 0 aromatic rings. The lowest BCUT2D eigenvalue weighted by molar-refractivity contribution is -0.102. The number of unbranched alkanes of at least 4 members (excludes halogenated alkanes) is 1. The smallest absolute Gasteiger partial charge is 0.0624 e. The molecule has 0 spiro atoms. The third-order valence-corrected chi connectivity index (χ3v) is 4.12. The fourth-order valence-corrected chi connectivity index (χ4v) is 3.24. The van der Waals surface area contributed by atoms with Crippen molar-refractivity contribution in [3.8, 4) is 0 Å². The summed E-state index contributed by atoms with van der Waals surface area (Å²) in [5.41, 5.74) is -0.171. The SMILES string of the molecule is CC(C)NC(C)(CO)CCCCOC1CC(C)OC(C)C1. The van der Waals surface area contributed by atoms with Gasteiger partial charge in [0.15, 0.2) is 0 Å². The van der Waals surface area contributed by atoms with Gasteiger partial charge < -0.3 is 19.9 Å². The summed E-state index contributed by atoms with van der Waals surface area (Å²) in [5, 5.41) is 13.0. The third-order valence-electron chi connectivity index (χ3n) is 4.12. The maximum atomic E-state index is 9.55. The minimum absolute atomic E-state index is 0.171. The molecule has 2 N–H and O–H groups in total. The van der Waals surface area contributed by atoms with Gasteiger partial charge in [0.1, 0.15) is 0 Å². The van der Waals surface area contributed by atoms with Crippen LogP contribution < -0.4 is 5.32 Å². The van der Waals surface area contributed by atoms with E-state index in [1.54, 1.807) is 0 Å². The molecule has 126 valence electrons. The number of nitrogens with one attached hydrogen (secondary N) is 1. The van der Waals surface area contributed by atoms with E-state index in [-0.39, 0.29) is 12.1 Å². The average molecular weight is 301 g/mol. The molecule has 1 rings (SSSR count). The van der Waals surface area contributed by atoms with Crippen molar-refractivity contribution in [2.45, 2.75) is 96.6 Å². The molecular weight excluding hydrogens is 266 g/mol. The molecule has 1 heterocycles. The summed E-state index contributed by atoms with van der Waals surface area (Å²) in [6.45, 7) is 11.6. The predicted octanol–water partition coefficient (Wildman–Crippen LogP) is 2.88. The first kappa shape index (κ1) is 18.9. The van der Waals surface area contributed by atoms with E-state index in [1.807, 2.05) is 0 Å². The van der Waals surface area contributed by atoms with Crippen molar-refractivity contribution in [2.75, 3.05) is 13.2 Å². The van der Waals surface area contributed by atoms with Crippen molar-refractivity contribution >= 4 is 0 Å². The Morgan fingerprint density at radius 3 is 2.38 bits per heavy atom. The van der Waals surface area contributed by atoms with E-state index >= 15 is 0 Å². The predicted molar refractivity (Wildman–Crippen MR) is 86.6 cm³/mol. The monoisotopic (exact) mass is 301 g/mol. The van der Waals surface area contributed by atoms with Crippen LogP contribution in [0.3, 0.4) is 0 Å². The third kappa shape index (κ3) is 7.59. The van der Waals surface area contributed by atoms with Crippen molar-refractivity contribution in [1.82, 2.24) is 5.32 Å². The maximum Gasteiger partial charge on any atom is 0.0624 e. The van der Waals surface area contributed by atoms with Crippen LogP contribution in [0.5, 0.6) is 0 Å². The highest BCUT2D eigenvalue weighted by molar-refractivity contribution is 4.83. The Balaban J connectivity index is 2.16. The van der Waals surface area contributed by atoms with Gasteiger partial charge in [-0.2, -0.15) is 0 Å². The van der Waals surface area contributed by atoms with Crippen LogP contribution >= 0.6 is 0 Å². The van der Waals surface area contributed by atoms with Gasteiger partial charge in [-0.25, -0.2) is 0 Å². The first-order valence-corrected chi connectivity index (χ1v) is 8.50. The van der Waals surface area contributed by atoms with Crippen molar-refractivity contribution in [3.05, 3.63) is 0 Å². The van der Waals surface area contributed by atoms with E-state index in [1.165, 1.54) is 0 Å². The molecule has 1 aliphatic rings. The fourth-order valence-electron chi connectivity index (χ4n) is 3.24. The van der Waals surface area contributed by atoms with Crippen molar-refractivity contribution in [2.24, 2.45) is 0 Å². The van der Waals surface area contributed by atoms with Gasteiger partial charge in [-0.05, 0) is 52.9 Å². The molecule has 1 aliphatic heterocycles. The summed E-state index contributed by atoms with van der Waals surface area (Å²) in [6, 6.07) is 0.392. The van der Waals surface area contributed by atoms with E-state index in [9.17, 15) is 5.11 Å². The molecule has 1 saturated heterocycles. The van der Waals surface area contributed by atoms with Gasteiger partial charge in [-0.15, -0.1) is 0 Å². The Morgan fingerprint density at radius 2 is 1.86 bits per heavy atom. The first-order chi connectivity index (χ1) is 9.84. The lowest BCUT2D eigenvalue weighted by Crippen LogP contribution is -2.49. The van der Waals surface area contributed by atoms with Crippen LogP contribution in [-0.2, 0) is 9.47 Å². The van der Waals surface area contributed by atoms with Crippen molar-refractivity contribution in [3.63, 3.8) is 0 Å². The van der Waals surface area contributed by atoms with Crippen LogP contribution in [0.1, 0.15) is 66.7 Å². The Hall–Kier alpha value is -0.160. The largest absolute Gasteiger partial charge is 0.394 e. The first-order valence-electron chi connectivity index (χ1n) is 8.50. The Morgan fingerprint density at radius 1 is 1.24 bits per heavy atom. The van der Waals surface area contributed by atoms with E-state index in [2.05, 4.69) is 39.9 Å². The maximum absolute atomic E-state index is 9.55. The lowest BCUT2D eigenvalue weighted by Gasteiger charge is -2.32. The van der Waals surface area contributed by atoms with Crippen LogP contribution in [-0.4, -0.2) is 48.2 Å². The number of aliphatic hydroxyl groups is 1. The molecule has 4 nitrogen and oxygen atoms in total. The molecule has 1 fully saturated rings. The van der Waals surface area contributed by atoms with Gasteiger partial charge in [0.25, 0.3) is 0 Å². The Bertz CT molecular complexity index is 275. The molecule has 3 atom stereocenters. The van der Waals surface area contributed by atoms with Crippen LogP contribution in [0, 0.1) is 0 Å². The second-order valence-corrected chi connectivity index (χ2v) is 7.20. The van der Waals surface area contributed by atoms with Gasteiger partial charge in [0, 0.05) is 18.2 Å². The lowest BCUT2D eigenvalue weighted by atomic mass is 9.95. The van der Waals surface area contributed by atoms with E-state index in [0.29, 0.717) is 24.4 Å². The van der Waals surface area contributed by atoms with Crippen LogP contribution in [0.2, 0.25) is 0 Å². The molecule has 21 heavy (non-hydrogen) atoms. The quantitative estimate of drug-likeness (QED) is 0.643. The summed E-state index contributed by atoms with van der Waals surface area (Å²) >= 11 is 0. The highest BCUT2D eigenvalue weighted by atomic mass is 16.5. The zero-order chi connectivity index (χ0) is 15.9. The Kier molecular flexibility index (Phi) is 8.17. The second kappa shape index (κ2) is 9.09. The molecule has 0 aromatic carbocycles. The van der Waals surface area contributed by atoms with E-state index < -0.39 is 0 Å². The van der Waals surface area contributed by atoms with Crippen LogP contribution in [0.15, 0.2) is 0 Å². The topological polar surface area (TPSA) is 50.7 Å². The minimum Gasteiger partial charge on any atom is -0.394 e. The molecule has 0 saturated carbocycles. The molecule has 0 bridgehead atoms. The number of hydrogen-bond donors (Lipinski definition) is 2. The molecule has 0 amide bonds. The highest BCUT2D eigenvalue weighted by Gasteiger charge is 2.25. The molecule has 0 radical (unpaired) electrons. The average Bonchev–Trinajstić information content (AvgIpc) is 2.36. The normalized spacial score (nSPS) is 29.6. The van der Waals surface area contributed by atoms with Crippen molar-refractivity contribution < 1.29 is 14.6 Å². The van der Waals surface area contributed by atoms with E-state index in [0.717, 1.165) is 38.7 Å². The summed E-state index contributed by atoms with van der Waals surface area (Å²) in [5.74, 6) is 0. The highest BCUT2D eigenvalue weighted by Crippen LogP contribution is 2.22. The van der Waals surface area contributed by atoms with Gasteiger partial charge in [-0.1, -0.05) is 13.8 Å². The van der Waals surface area contributed by atoms with E-state index in [4.69, 9.17) is 9.47 Å². The minimum atomic E-state index is -0.171. The number of aliphatic hydroxyl groups excluding tert-OH is 1. The zero-order valence-corrected chi connectivity index (χ0v) is 14.5. The summed E-state index contributed by atoms with van der Waals surface area (Å²) in [4.78, 5) is 0. The number of hydrogen-bond acceptors (Lipinski definition) is 4. The molecule has 3 unspecified atom stereocenters. The standard InChI is InChI=1S/C17H35NO3/c1-13(2)18-17(5,12-19)8-6-7-9-20-16-10-14(3)21-15(4)11-16/h13-16,18-19H,6-12H2,1-5H3. The van der Waals surface area contributed by atoms with Gasteiger partial charge in [-0.3, -0.25) is 0 Å². The molecule has 4 heteroatoms. The van der Waals surface area contributed by atoms with Gasteiger partial charge in [0.05, 0.1) is 24.9 Å². The number of rotatable bonds is 9. The van der Waals surface area contributed by atoms with Crippen LogP contribution in [0.25, 0.3) is 0 Å². The molecular formula is C17H35NO3.